The average Bonchev–Trinajstić information content (AvgIpc) is 2.76. The predicted octanol–water partition coefficient (Wildman–Crippen LogP) is 4.61. The van der Waals surface area contributed by atoms with Crippen molar-refractivity contribution < 1.29 is 32.2 Å². The second-order valence-corrected chi connectivity index (χ2v) is 7.33. The highest BCUT2D eigenvalue weighted by atomic mass is 19.4. The Bertz CT molecular complexity index is 1130. The van der Waals surface area contributed by atoms with Gasteiger partial charge < -0.3 is 14.4 Å². The minimum Gasteiger partial charge on any atom is -0.497 e. The van der Waals surface area contributed by atoms with E-state index in [0.717, 1.165) is 34.2 Å². The van der Waals surface area contributed by atoms with E-state index in [4.69, 9.17) is 9.47 Å². The highest BCUT2D eigenvalue weighted by Gasteiger charge is 2.30. The first kappa shape index (κ1) is 23.1. The zero-order valence-corrected chi connectivity index (χ0v) is 17.6. The van der Waals surface area contributed by atoms with Crippen LogP contribution >= 0.6 is 0 Å². The number of benzene rings is 3. The summed E-state index contributed by atoms with van der Waals surface area (Å²) in [6, 6.07) is 15.9. The van der Waals surface area contributed by atoms with Crippen molar-refractivity contribution >= 4 is 22.6 Å². The SMILES string of the molecule is COc1ccc2cc(CN(C)C(=O)COC(=O)Cc3cccc(C(F)(F)F)c3)ccc2c1. The molecule has 0 saturated carbocycles. The van der Waals surface area contributed by atoms with Gasteiger partial charge in [0.05, 0.1) is 19.1 Å². The summed E-state index contributed by atoms with van der Waals surface area (Å²) in [4.78, 5) is 25.7. The highest BCUT2D eigenvalue weighted by molar-refractivity contribution is 5.85. The topological polar surface area (TPSA) is 55.8 Å². The van der Waals surface area contributed by atoms with Crippen molar-refractivity contribution in [1.29, 1.82) is 0 Å². The highest BCUT2D eigenvalue weighted by Crippen LogP contribution is 2.29. The van der Waals surface area contributed by atoms with Crippen molar-refractivity contribution in [2.24, 2.45) is 0 Å². The zero-order valence-electron chi connectivity index (χ0n) is 17.6. The van der Waals surface area contributed by atoms with E-state index in [1.54, 1.807) is 14.2 Å². The molecule has 0 heterocycles. The number of amides is 1. The van der Waals surface area contributed by atoms with Gasteiger partial charge in [0.25, 0.3) is 5.91 Å². The van der Waals surface area contributed by atoms with Crippen molar-refractivity contribution in [3.8, 4) is 5.75 Å². The maximum atomic E-state index is 12.8. The molecule has 168 valence electrons. The number of likely N-dealkylation sites (N-methyl/N-ethyl adjacent to an activating group) is 1. The summed E-state index contributed by atoms with van der Waals surface area (Å²) in [5, 5.41) is 2.00. The monoisotopic (exact) mass is 445 g/mol. The number of fused-ring (bicyclic) bond motifs is 1. The third-order valence-electron chi connectivity index (χ3n) is 4.92. The third-order valence-corrected chi connectivity index (χ3v) is 4.92. The van der Waals surface area contributed by atoms with E-state index in [0.29, 0.717) is 6.54 Å². The molecule has 5 nitrogen and oxygen atoms in total. The number of alkyl halides is 3. The van der Waals surface area contributed by atoms with Crippen LogP contribution in [0.4, 0.5) is 13.2 Å². The van der Waals surface area contributed by atoms with Crippen molar-refractivity contribution in [1.82, 2.24) is 4.90 Å². The number of hydrogen-bond acceptors (Lipinski definition) is 4. The zero-order chi connectivity index (χ0) is 23.3. The molecule has 0 aliphatic carbocycles. The van der Waals surface area contributed by atoms with Crippen molar-refractivity contribution in [3.05, 3.63) is 77.4 Å². The molecule has 0 bridgehead atoms. The average molecular weight is 445 g/mol. The Morgan fingerprint density at radius 2 is 1.66 bits per heavy atom. The lowest BCUT2D eigenvalue weighted by atomic mass is 10.1. The van der Waals surface area contributed by atoms with Crippen LogP contribution in [0.5, 0.6) is 5.75 Å². The number of hydrogen-bond donors (Lipinski definition) is 0. The van der Waals surface area contributed by atoms with Gasteiger partial charge in [0, 0.05) is 13.6 Å². The summed E-state index contributed by atoms with van der Waals surface area (Å²) in [7, 11) is 3.18. The molecule has 1 amide bonds. The van der Waals surface area contributed by atoms with Gasteiger partial charge in [-0.1, -0.05) is 36.4 Å². The smallest absolute Gasteiger partial charge is 0.416 e. The van der Waals surface area contributed by atoms with E-state index in [1.165, 1.54) is 17.0 Å². The van der Waals surface area contributed by atoms with Gasteiger partial charge in [-0.05, 0) is 46.2 Å². The van der Waals surface area contributed by atoms with E-state index in [1.807, 2.05) is 36.4 Å². The van der Waals surface area contributed by atoms with E-state index >= 15 is 0 Å². The van der Waals surface area contributed by atoms with Crippen LogP contribution in [0.2, 0.25) is 0 Å². The van der Waals surface area contributed by atoms with Gasteiger partial charge in [0.15, 0.2) is 6.61 Å². The Morgan fingerprint density at radius 1 is 0.938 bits per heavy atom. The summed E-state index contributed by atoms with van der Waals surface area (Å²) < 4.78 is 48.5. The van der Waals surface area contributed by atoms with Crippen LogP contribution < -0.4 is 4.74 Å². The Morgan fingerprint density at radius 3 is 2.38 bits per heavy atom. The number of nitrogens with zero attached hydrogens (tertiary/aromatic N) is 1. The molecule has 0 aromatic heterocycles. The van der Waals surface area contributed by atoms with Gasteiger partial charge in [-0.2, -0.15) is 13.2 Å². The summed E-state index contributed by atoms with van der Waals surface area (Å²) in [5.74, 6) is -0.438. The minimum atomic E-state index is -4.49. The van der Waals surface area contributed by atoms with Gasteiger partial charge in [-0.3, -0.25) is 9.59 Å². The standard InChI is InChI=1S/C24H22F3NO4/c1-28(14-17-6-7-19-13-21(31-2)9-8-18(19)10-17)22(29)15-32-23(30)12-16-4-3-5-20(11-16)24(25,26)27/h3-11,13H,12,14-15H2,1-2H3. The summed E-state index contributed by atoms with van der Waals surface area (Å²) >= 11 is 0. The fourth-order valence-corrected chi connectivity index (χ4v) is 3.19. The van der Waals surface area contributed by atoms with Crippen LogP contribution in [0.15, 0.2) is 60.7 Å². The van der Waals surface area contributed by atoms with Crippen molar-refractivity contribution in [2.75, 3.05) is 20.8 Å². The van der Waals surface area contributed by atoms with E-state index in [-0.39, 0.29) is 12.0 Å². The van der Waals surface area contributed by atoms with E-state index in [2.05, 4.69) is 0 Å². The van der Waals surface area contributed by atoms with Gasteiger partial charge >= 0.3 is 12.1 Å². The number of halogens is 3. The van der Waals surface area contributed by atoms with Crippen LogP contribution in [0.1, 0.15) is 16.7 Å². The van der Waals surface area contributed by atoms with Crippen LogP contribution in [0.3, 0.4) is 0 Å². The van der Waals surface area contributed by atoms with Gasteiger partial charge in [-0.25, -0.2) is 0 Å². The number of rotatable bonds is 7. The molecule has 0 N–H and O–H groups in total. The largest absolute Gasteiger partial charge is 0.497 e. The second kappa shape index (κ2) is 9.72. The number of esters is 1. The second-order valence-electron chi connectivity index (χ2n) is 7.33. The molecule has 0 unspecified atom stereocenters. The normalized spacial score (nSPS) is 11.3. The number of methoxy groups -OCH3 is 1. The first-order chi connectivity index (χ1) is 15.2. The molecule has 3 rings (SSSR count). The van der Waals surface area contributed by atoms with Gasteiger partial charge in [-0.15, -0.1) is 0 Å². The van der Waals surface area contributed by atoms with Crippen molar-refractivity contribution in [2.45, 2.75) is 19.1 Å². The summed E-state index contributed by atoms with van der Waals surface area (Å²) in [5.41, 5.74) is 0.222. The van der Waals surface area contributed by atoms with Crippen LogP contribution in [-0.4, -0.2) is 37.5 Å². The van der Waals surface area contributed by atoms with Crippen molar-refractivity contribution in [3.63, 3.8) is 0 Å². The Labute approximate surface area is 183 Å². The molecule has 3 aromatic rings. The molecule has 3 aromatic carbocycles. The van der Waals surface area contributed by atoms with E-state index < -0.39 is 30.2 Å². The molecule has 8 heteroatoms. The number of carbonyl (C=O) groups excluding carboxylic acids is 2. The lowest BCUT2D eigenvalue weighted by Gasteiger charge is -2.18. The summed E-state index contributed by atoms with van der Waals surface area (Å²) in [6.45, 7) is -0.176. The fourth-order valence-electron chi connectivity index (χ4n) is 3.19. The molecule has 0 atom stereocenters. The number of ether oxygens (including phenoxy) is 2. The Balaban J connectivity index is 1.53. The van der Waals surface area contributed by atoms with Crippen LogP contribution in [0.25, 0.3) is 10.8 Å². The molecule has 0 aliphatic rings. The number of carbonyl (C=O) groups is 2. The lowest BCUT2D eigenvalue weighted by Crippen LogP contribution is -2.31. The van der Waals surface area contributed by atoms with Crippen LogP contribution in [0, 0.1) is 0 Å². The quantitative estimate of drug-likeness (QED) is 0.499. The molecular weight excluding hydrogens is 423 g/mol. The predicted molar refractivity (Wildman–Crippen MR) is 113 cm³/mol. The molecular formula is C24H22F3NO4. The maximum absolute atomic E-state index is 12.8. The van der Waals surface area contributed by atoms with E-state index in [9.17, 15) is 22.8 Å². The van der Waals surface area contributed by atoms with Gasteiger partial charge in [0.2, 0.25) is 0 Å². The fraction of sp³-hybridized carbons (Fsp3) is 0.250. The third kappa shape index (κ3) is 6.00. The first-order valence-electron chi connectivity index (χ1n) is 9.78. The first-order valence-corrected chi connectivity index (χ1v) is 9.78. The molecule has 0 spiro atoms. The molecule has 32 heavy (non-hydrogen) atoms. The molecule has 0 fully saturated rings. The maximum Gasteiger partial charge on any atom is 0.416 e. The Hall–Kier alpha value is -3.55. The molecule has 0 radical (unpaired) electrons. The summed E-state index contributed by atoms with van der Waals surface area (Å²) in [6.07, 6.45) is -4.84. The lowest BCUT2D eigenvalue weighted by molar-refractivity contribution is -0.151. The Kier molecular flexibility index (Phi) is 7.02. The van der Waals surface area contributed by atoms with Gasteiger partial charge in [0.1, 0.15) is 5.75 Å². The van der Waals surface area contributed by atoms with Crippen LogP contribution in [-0.2, 0) is 33.5 Å². The minimum absolute atomic E-state index is 0.165. The molecule has 0 aliphatic heterocycles. The molecule has 0 saturated heterocycles.